The Bertz CT molecular complexity index is 683. The first-order chi connectivity index (χ1) is 13.4. The van der Waals surface area contributed by atoms with Crippen LogP contribution in [0.25, 0.3) is 0 Å². The smallest absolute Gasteiger partial charge is 0.123 e. The minimum absolute atomic E-state index is 0.111. The third kappa shape index (κ3) is 5.82. The first kappa shape index (κ1) is 20.9. The van der Waals surface area contributed by atoms with Crippen molar-refractivity contribution in [2.75, 3.05) is 26.2 Å². The van der Waals surface area contributed by atoms with Crippen molar-refractivity contribution in [3.05, 3.63) is 71.3 Å². The Labute approximate surface area is 164 Å². The zero-order chi connectivity index (χ0) is 20.1. The van der Waals surface area contributed by atoms with Crippen LogP contribution in [0, 0.1) is 11.6 Å². The Kier molecular flexibility index (Phi) is 7.13. The predicted molar refractivity (Wildman–Crippen MR) is 103 cm³/mol. The Hall–Kier alpha value is -1.86. The molecule has 0 amide bonds. The second kappa shape index (κ2) is 9.56. The molecule has 1 N–H and O–H groups in total. The molecule has 2 aromatic carbocycles. The largest absolute Gasteiger partial charge is 0.389 e. The van der Waals surface area contributed by atoms with E-state index in [0.717, 1.165) is 24.2 Å². The maximum atomic E-state index is 13.3. The molecule has 1 aliphatic rings. The van der Waals surface area contributed by atoms with Crippen LogP contribution in [0.2, 0.25) is 0 Å². The zero-order valence-electron chi connectivity index (χ0n) is 16.2. The maximum Gasteiger partial charge on any atom is 0.123 e. The monoisotopic (exact) mass is 391 g/mol. The molecule has 1 saturated heterocycles. The summed E-state index contributed by atoms with van der Waals surface area (Å²) in [6.45, 7) is 6.16. The quantitative estimate of drug-likeness (QED) is 0.784. The first-order valence-corrected chi connectivity index (χ1v) is 9.59. The number of nitrogens with zero attached hydrogens (tertiary/aromatic N) is 1. The van der Waals surface area contributed by atoms with Crippen LogP contribution in [0.4, 0.5) is 8.78 Å². The molecule has 2 aromatic rings. The van der Waals surface area contributed by atoms with Crippen molar-refractivity contribution in [1.29, 1.82) is 0 Å². The summed E-state index contributed by atoms with van der Waals surface area (Å²) in [4.78, 5) is 2.16. The van der Waals surface area contributed by atoms with Crippen LogP contribution in [0.5, 0.6) is 0 Å². The fourth-order valence-electron chi connectivity index (χ4n) is 3.65. The standard InChI is InChI=1S/C22H27F2NO3/c1-15-11-25(12-16(2)28-15)13-21(26)14-27-22(17-3-7-19(23)8-4-17)18-5-9-20(24)10-6-18/h3-10,15-16,21-22,26H,11-14H2,1-2H3. The molecule has 3 atom stereocenters. The summed E-state index contributed by atoms with van der Waals surface area (Å²) in [5, 5.41) is 10.5. The van der Waals surface area contributed by atoms with Crippen LogP contribution < -0.4 is 0 Å². The molecule has 0 radical (unpaired) electrons. The maximum absolute atomic E-state index is 13.3. The van der Waals surface area contributed by atoms with Crippen LogP contribution in [-0.2, 0) is 9.47 Å². The number of aliphatic hydroxyl groups is 1. The third-order valence-electron chi connectivity index (χ3n) is 4.76. The summed E-state index contributed by atoms with van der Waals surface area (Å²) in [5.41, 5.74) is 1.49. The molecule has 0 saturated carbocycles. The Morgan fingerprint density at radius 1 is 0.964 bits per heavy atom. The molecule has 0 aliphatic carbocycles. The first-order valence-electron chi connectivity index (χ1n) is 9.59. The highest BCUT2D eigenvalue weighted by molar-refractivity contribution is 5.30. The lowest BCUT2D eigenvalue weighted by Gasteiger charge is -2.36. The summed E-state index contributed by atoms with van der Waals surface area (Å²) < 4.78 is 38.3. The summed E-state index contributed by atoms with van der Waals surface area (Å²) >= 11 is 0. The number of rotatable bonds is 7. The van der Waals surface area contributed by atoms with E-state index in [1.165, 1.54) is 24.3 Å². The lowest BCUT2D eigenvalue weighted by molar-refractivity contribution is -0.0843. The van der Waals surface area contributed by atoms with Gasteiger partial charge in [0.1, 0.15) is 17.7 Å². The minimum Gasteiger partial charge on any atom is -0.389 e. The molecular weight excluding hydrogens is 364 g/mol. The molecular formula is C22H27F2NO3. The second-order valence-electron chi connectivity index (χ2n) is 7.45. The highest BCUT2D eigenvalue weighted by Crippen LogP contribution is 2.27. The molecule has 1 aliphatic heterocycles. The third-order valence-corrected chi connectivity index (χ3v) is 4.76. The van der Waals surface area contributed by atoms with Gasteiger partial charge in [0.15, 0.2) is 0 Å². The molecule has 0 spiro atoms. The number of hydrogen-bond donors (Lipinski definition) is 1. The highest BCUT2D eigenvalue weighted by Gasteiger charge is 2.24. The zero-order valence-corrected chi connectivity index (χ0v) is 16.2. The van der Waals surface area contributed by atoms with Gasteiger partial charge in [-0.1, -0.05) is 24.3 Å². The average Bonchev–Trinajstić information content (AvgIpc) is 2.64. The summed E-state index contributed by atoms with van der Waals surface area (Å²) in [6.07, 6.45) is -0.939. The van der Waals surface area contributed by atoms with Gasteiger partial charge < -0.3 is 14.6 Å². The SMILES string of the molecule is CC1CN(CC(O)COC(c2ccc(F)cc2)c2ccc(F)cc2)CC(C)O1. The van der Waals surface area contributed by atoms with E-state index in [4.69, 9.17) is 9.47 Å². The number of hydrogen-bond acceptors (Lipinski definition) is 4. The van der Waals surface area contributed by atoms with Gasteiger partial charge in [0.25, 0.3) is 0 Å². The van der Waals surface area contributed by atoms with E-state index in [0.29, 0.717) is 6.54 Å². The van der Waals surface area contributed by atoms with E-state index < -0.39 is 12.2 Å². The lowest BCUT2D eigenvalue weighted by atomic mass is 10.0. The van der Waals surface area contributed by atoms with Gasteiger partial charge in [-0.2, -0.15) is 0 Å². The molecule has 4 nitrogen and oxygen atoms in total. The number of morpholine rings is 1. The molecule has 3 rings (SSSR count). The van der Waals surface area contributed by atoms with Gasteiger partial charge in [-0.25, -0.2) is 8.78 Å². The number of β-amino-alcohol motifs (C(OH)–C–C–N with tert-alkyl or cyclic N) is 1. The van der Waals surface area contributed by atoms with Crippen molar-refractivity contribution in [2.24, 2.45) is 0 Å². The van der Waals surface area contributed by atoms with Gasteiger partial charge in [-0.15, -0.1) is 0 Å². The van der Waals surface area contributed by atoms with E-state index in [-0.39, 0.29) is 30.4 Å². The summed E-state index contributed by atoms with van der Waals surface area (Å²) in [5.74, 6) is -0.672. The van der Waals surface area contributed by atoms with Gasteiger partial charge >= 0.3 is 0 Å². The summed E-state index contributed by atoms with van der Waals surface area (Å²) in [7, 11) is 0. The molecule has 152 valence electrons. The number of benzene rings is 2. The molecule has 28 heavy (non-hydrogen) atoms. The van der Waals surface area contributed by atoms with E-state index in [2.05, 4.69) is 4.90 Å². The predicted octanol–water partition coefficient (Wildman–Crippen LogP) is 3.54. The number of ether oxygens (including phenoxy) is 2. The Morgan fingerprint density at radius 3 is 1.89 bits per heavy atom. The van der Waals surface area contributed by atoms with Crippen LogP contribution in [0.3, 0.4) is 0 Å². The second-order valence-corrected chi connectivity index (χ2v) is 7.45. The molecule has 1 fully saturated rings. The fourth-order valence-corrected chi connectivity index (χ4v) is 3.65. The van der Waals surface area contributed by atoms with Gasteiger partial charge in [-0.05, 0) is 49.2 Å². The van der Waals surface area contributed by atoms with Crippen molar-refractivity contribution in [2.45, 2.75) is 38.3 Å². The van der Waals surface area contributed by atoms with Crippen molar-refractivity contribution in [1.82, 2.24) is 4.90 Å². The molecule has 0 aromatic heterocycles. The molecule has 3 unspecified atom stereocenters. The van der Waals surface area contributed by atoms with Gasteiger partial charge in [0.2, 0.25) is 0 Å². The summed E-state index contributed by atoms with van der Waals surface area (Å²) in [6, 6.07) is 12.0. The minimum atomic E-state index is -0.680. The molecule has 1 heterocycles. The van der Waals surface area contributed by atoms with Crippen molar-refractivity contribution in [3.63, 3.8) is 0 Å². The van der Waals surface area contributed by atoms with E-state index in [9.17, 15) is 13.9 Å². The van der Waals surface area contributed by atoms with Gasteiger partial charge in [0, 0.05) is 19.6 Å². The van der Waals surface area contributed by atoms with Crippen LogP contribution >= 0.6 is 0 Å². The number of halogens is 2. The van der Waals surface area contributed by atoms with Crippen LogP contribution in [0.15, 0.2) is 48.5 Å². The van der Waals surface area contributed by atoms with Crippen LogP contribution in [0.1, 0.15) is 31.1 Å². The lowest BCUT2D eigenvalue weighted by Crippen LogP contribution is -2.48. The van der Waals surface area contributed by atoms with Crippen molar-refractivity contribution < 1.29 is 23.4 Å². The van der Waals surface area contributed by atoms with Crippen LogP contribution in [-0.4, -0.2) is 54.6 Å². The van der Waals surface area contributed by atoms with E-state index >= 15 is 0 Å². The topological polar surface area (TPSA) is 41.9 Å². The van der Waals surface area contributed by atoms with Crippen molar-refractivity contribution in [3.8, 4) is 0 Å². The highest BCUT2D eigenvalue weighted by atomic mass is 19.1. The van der Waals surface area contributed by atoms with Gasteiger partial charge in [-0.3, -0.25) is 4.90 Å². The molecule has 0 bridgehead atoms. The Balaban J connectivity index is 1.65. The van der Waals surface area contributed by atoms with E-state index in [1.807, 2.05) is 13.8 Å². The fraction of sp³-hybridized carbons (Fsp3) is 0.455. The Morgan fingerprint density at radius 2 is 1.43 bits per heavy atom. The normalized spacial score (nSPS) is 21.8. The van der Waals surface area contributed by atoms with Gasteiger partial charge in [0.05, 0.1) is 24.9 Å². The number of aliphatic hydroxyl groups excluding tert-OH is 1. The average molecular weight is 391 g/mol. The van der Waals surface area contributed by atoms with Crippen molar-refractivity contribution >= 4 is 0 Å². The van der Waals surface area contributed by atoms with E-state index in [1.54, 1.807) is 24.3 Å². The molecule has 6 heteroatoms.